The quantitative estimate of drug-likeness (QED) is 0.829. The van der Waals surface area contributed by atoms with E-state index in [0.29, 0.717) is 17.8 Å². The number of carbonyl (C=O) groups excluding carboxylic acids is 1. The average molecular weight is 385 g/mol. The number of methoxy groups -OCH3 is 1. The molecule has 2 aromatic carbocycles. The van der Waals surface area contributed by atoms with Gasteiger partial charge < -0.3 is 15.0 Å². The Morgan fingerprint density at radius 3 is 2.46 bits per heavy atom. The van der Waals surface area contributed by atoms with E-state index in [0.717, 1.165) is 37.3 Å². The van der Waals surface area contributed by atoms with Gasteiger partial charge in [-0.05, 0) is 37.2 Å². The van der Waals surface area contributed by atoms with Crippen LogP contribution in [-0.2, 0) is 16.1 Å². The molecule has 1 amide bonds. The zero-order valence-electron chi connectivity index (χ0n) is 16.7. The van der Waals surface area contributed by atoms with Crippen molar-refractivity contribution in [1.29, 1.82) is 0 Å². The van der Waals surface area contributed by atoms with Crippen LogP contribution in [0.4, 0.5) is 10.1 Å². The van der Waals surface area contributed by atoms with E-state index in [-0.39, 0.29) is 11.7 Å². The number of hydrogen-bond acceptors (Lipinski definition) is 4. The van der Waals surface area contributed by atoms with Crippen molar-refractivity contribution in [2.24, 2.45) is 0 Å². The minimum Gasteiger partial charge on any atom is -0.367 e. The summed E-state index contributed by atoms with van der Waals surface area (Å²) in [6.07, 6.45) is -0.716. The zero-order valence-corrected chi connectivity index (χ0v) is 16.7. The molecule has 3 rings (SSSR count). The molecular formula is C22H28FN3O2. The van der Waals surface area contributed by atoms with Gasteiger partial charge in [-0.1, -0.05) is 30.3 Å². The summed E-state index contributed by atoms with van der Waals surface area (Å²) in [4.78, 5) is 17.3. The van der Waals surface area contributed by atoms with E-state index in [9.17, 15) is 9.18 Å². The number of benzene rings is 2. The van der Waals surface area contributed by atoms with Crippen molar-refractivity contribution in [1.82, 2.24) is 9.80 Å². The van der Waals surface area contributed by atoms with Crippen molar-refractivity contribution in [2.45, 2.75) is 19.6 Å². The molecule has 0 saturated carbocycles. The summed E-state index contributed by atoms with van der Waals surface area (Å²) >= 11 is 0. The standard InChI is InChI=1S/C22H28FN3O2/c1-16-18(15-26-13-11-25(2)12-14-26)19(23)9-10-20(16)24-22(27)21(28-3)17-7-5-4-6-8-17/h4-10,21H,11-15H2,1-3H3,(H,24,27). The zero-order chi connectivity index (χ0) is 20.1. The number of anilines is 1. The largest absolute Gasteiger partial charge is 0.367 e. The lowest BCUT2D eigenvalue weighted by Gasteiger charge is -2.33. The Bertz CT molecular complexity index is 805. The van der Waals surface area contributed by atoms with Gasteiger partial charge in [0, 0.05) is 51.1 Å². The number of amides is 1. The number of piperazine rings is 1. The second kappa shape index (κ2) is 9.28. The predicted molar refractivity (Wildman–Crippen MR) is 109 cm³/mol. The van der Waals surface area contributed by atoms with Gasteiger partial charge >= 0.3 is 0 Å². The topological polar surface area (TPSA) is 44.8 Å². The number of rotatable bonds is 6. The SMILES string of the molecule is COC(C(=O)Nc1ccc(F)c(CN2CCN(C)CC2)c1C)c1ccccc1. The highest BCUT2D eigenvalue weighted by atomic mass is 19.1. The van der Waals surface area contributed by atoms with Crippen LogP contribution in [0.2, 0.25) is 0 Å². The Balaban J connectivity index is 1.76. The molecule has 2 aromatic rings. The number of likely N-dealkylation sites (N-methyl/N-ethyl adjacent to an activating group) is 1. The van der Waals surface area contributed by atoms with Crippen molar-refractivity contribution >= 4 is 11.6 Å². The molecule has 1 unspecified atom stereocenters. The molecule has 1 fully saturated rings. The van der Waals surface area contributed by atoms with E-state index in [1.165, 1.54) is 13.2 Å². The van der Waals surface area contributed by atoms with E-state index in [1.54, 1.807) is 6.07 Å². The van der Waals surface area contributed by atoms with Gasteiger partial charge in [-0.2, -0.15) is 0 Å². The van der Waals surface area contributed by atoms with Gasteiger partial charge in [0.15, 0.2) is 6.10 Å². The van der Waals surface area contributed by atoms with E-state index >= 15 is 0 Å². The molecule has 5 nitrogen and oxygen atoms in total. The minimum atomic E-state index is -0.716. The van der Waals surface area contributed by atoms with Gasteiger partial charge in [0.05, 0.1) is 0 Å². The first-order chi connectivity index (χ1) is 13.5. The van der Waals surface area contributed by atoms with Crippen LogP contribution >= 0.6 is 0 Å². The van der Waals surface area contributed by atoms with E-state index in [4.69, 9.17) is 4.74 Å². The van der Waals surface area contributed by atoms with Crippen LogP contribution in [-0.4, -0.2) is 56.0 Å². The van der Waals surface area contributed by atoms with Crippen LogP contribution in [0.3, 0.4) is 0 Å². The number of ether oxygens (including phenoxy) is 1. The number of nitrogens with one attached hydrogen (secondary N) is 1. The average Bonchev–Trinajstić information content (AvgIpc) is 2.70. The first-order valence-corrected chi connectivity index (χ1v) is 9.57. The molecule has 0 radical (unpaired) electrons. The van der Waals surface area contributed by atoms with Gasteiger partial charge in [-0.15, -0.1) is 0 Å². The van der Waals surface area contributed by atoms with E-state index in [2.05, 4.69) is 22.2 Å². The monoisotopic (exact) mass is 385 g/mol. The molecule has 1 aliphatic rings. The molecule has 0 bridgehead atoms. The number of nitrogens with zero attached hydrogens (tertiary/aromatic N) is 2. The van der Waals surface area contributed by atoms with Crippen molar-refractivity contribution < 1.29 is 13.9 Å². The van der Waals surface area contributed by atoms with Gasteiger partial charge in [0.25, 0.3) is 5.91 Å². The van der Waals surface area contributed by atoms with Crippen LogP contribution in [0.1, 0.15) is 22.8 Å². The van der Waals surface area contributed by atoms with Crippen molar-refractivity contribution in [3.05, 3.63) is 65.0 Å². The molecule has 1 N–H and O–H groups in total. The van der Waals surface area contributed by atoms with Gasteiger partial charge in [0.1, 0.15) is 5.82 Å². The maximum absolute atomic E-state index is 14.5. The summed E-state index contributed by atoms with van der Waals surface area (Å²) < 4.78 is 19.9. The van der Waals surface area contributed by atoms with Crippen LogP contribution < -0.4 is 5.32 Å². The van der Waals surface area contributed by atoms with Crippen LogP contribution in [0, 0.1) is 12.7 Å². The lowest BCUT2D eigenvalue weighted by molar-refractivity contribution is -0.126. The number of halogens is 1. The molecule has 28 heavy (non-hydrogen) atoms. The van der Waals surface area contributed by atoms with Crippen molar-refractivity contribution in [2.75, 3.05) is 45.7 Å². The normalized spacial score (nSPS) is 16.7. The van der Waals surface area contributed by atoms with E-state index < -0.39 is 6.10 Å². The first-order valence-electron chi connectivity index (χ1n) is 9.57. The molecule has 1 heterocycles. The highest BCUT2D eigenvalue weighted by Gasteiger charge is 2.22. The Kier molecular flexibility index (Phi) is 6.78. The third-order valence-corrected chi connectivity index (χ3v) is 5.35. The fraction of sp³-hybridized carbons (Fsp3) is 0.409. The van der Waals surface area contributed by atoms with Crippen LogP contribution in [0.25, 0.3) is 0 Å². The third kappa shape index (κ3) is 4.76. The van der Waals surface area contributed by atoms with Crippen LogP contribution in [0.15, 0.2) is 42.5 Å². The summed E-state index contributed by atoms with van der Waals surface area (Å²) in [5.74, 6) is -0.505. The predicted octanol–water partition coefficient (Wildman–Crippen LogP) is 3.21. The molecule has 0 spiro atoms. The van der Waals surface area contributed by atoms with Gasteiger partial charge in [0.2, 0.25) is 0 Å². The van der Waals surface area contributed by atoms with Gasteiger partial charge in [-0.3, -0.25) is 9.69 Å². The Morgan fingerprint density at radius 2 is 1.82 bits per heavy atom. The molecule has 0 aromatic heterocycles. The first kappa shape index (κ1) is 20.5. The van der Waals surface area contributed by atoms with E-state index in [1.807, 2.05) is 37.3 Å². The number of hydrogen-bond donors (Lipinski definition) is 1. The minimum absolute atomic E-state index is 0.235. The second-order valence-corrected chi connectivity index (χ2v) is 7.29. The highest BCUT2D eigenvalue weighted by Crippen LogP contribution is 2.26. The summed E-state index contributed by atoms with van der Waals surface area (Å²) in [5.41, 5.74) is 2.79. The summed E-state index contributed by atoms with van der Waals surface area (Å²) in [5, 5.41) is 2.91. The molecule has 1 aliphatic heterocycles. The number of carbonyl (C=O) groups is 1. The fourth-order valence-corrected chi connectivity index (χ4v) is 3.50. The Labute approximate surface area is 166 Å². The summed E-state index contributed by atoms with van der Waals surface area (Å²) in [6.45, 7) is 6.17. The highest BCUT2D eigenvalue weighted by molar-refractivity contribution is 5.95. The van der Waals surface area contributed by atoms with Crippen LogP contribution in [0.5, 0.6) is 0 Å². The molecule has 0 aliphatic carbocycles. The third-order valence-electron chi connectivity index (χ3n) is 5.35. The summed E-state index contributed by atoms with van der Waals surface area (Å²) in [6, 6.07) is 12.4. The maximum atomic E-state index is 14.5. The summed E-state index contributed by atoms with van der Waals surface area (Å²) in [7, 11) is 3.60. The van der Waals surface area contributed by atoms with Gasteiger partial charge in [-0.25, -0.2) is 4.39 Å². The lowest BCUT2D eigenvalue weighted by atomic mass is 10.0. The molecule has 1 atom stereocenters. The second-order valence-electron chi connectivity index (χ2n) is 7.29. The molecule has 6 heteroatoms. The molecular weight excluding hydrogens is 357 g/mol. The smallest absolute Gasteiger partial charge is 0.258 e. The van der Waals surface area contributed by atoms with Crippen molar-refractivity contribution in [3.63, 3.8) is 0 Å². The fourth-order valence-electron chi connectivity index (χ4n) is 3.50. The Morgan fingerprint density at radius 1 is 1.14 bits per heavy atom. The molecule has 1 saturated heterocycles. The molecule has 150 valence electrons. The lowest BCUT2D eigenvalue weighted by Crippen LogP contribution is -2.44. The maximum Gasteiger partial charge on any atom is 0.258 e. The van der Waals surface area contributed by atoms with Crippen molar-refractivity contribution in [3.8, 4) is 0 Å². The Hall–Kier alpha value is -2.28.